The van der Waals surface area contributed by atoms with Gasteiger partial charge in [-0.3, -0.25) is 0 Å². The first-order valence-corrected chi connectivity index (χ1v) is 9.64. The van der Waals surface area contributed by atoms with Crippen LogP contribution in [0.5, 0.6) is 0 Å². The Morgan fingerprint density at radius 1 is 0.435 bits per heavy atom. The maximum absolute atomic E-state index is 2.26. The average Bonchev–Trinajstić information content (AvgIpc) is 2.57. The molecule has 0 aliphatic heterocycles. The van der Waals surface area contributed by atoms with E-state index < -0.39 is 0 Å². The van der Waals surface area contributed by atoms with E-state index in [9.17, 15) is 0 Å². The van der Waals surface area contributed by atoms with Crippen LogP contribution < -0.4 is 0 Å². The molecule has 0 aromatic heterocycles. The van der Waals surface area contributed by atoms with E-state index in [4.69, 9.17) is 0 Å². The molecule has 0 saturated carbocycles. The second-order valence-corrected chi connectivity index (χ2v) is 7.89. The van der Waals surface area contributed by atoms with E-state index in [0.29, 0.717) is 0 Å². The Bertz CT molecular complexity index is 569. The molecule has 0 nitrogen and oxygen atoms in total. The molecule has 117 valence electrons. The normalized spacial score (nSPS) is 10.3. The maximum Gasteiger partial charge on any atom is 0 e. The van der Waals surface area contributed by atoms with Crippen LogP contribution in [0.4, 0.5) is 0 Å². The van der Waals surface area contributed by atoms with E-state index in [-0.39, 0.29) is 25.0 Å². The summed E-state index contributed by atoms with van der Waals surface area (Å²) in [5.41, 5.74) is 4.38. The molecule has 0 N–H and O–H groups in total. The van der Waals surface area contributed by atoms with Crippen molar-refractivity contribution in [1.29, 1.82) is 0 Å². The van der Waals surface area contributed by atoms with Crippen LogP contribution in [0.1, 0.15) is 16.7 Å². The molecule has 0 unspecified atom stereocenters. The molecule has 0 fully saturated rings. The van der Waals surface area contributed by atoms with Crippen molar-refractivity contribution < 1.29 is 17.1 Å². The minimum atomic E-state index is -0.0895. The molecule has 23 heavy (non-hydrogen) atoms. The summed E-state index contributed by atoms with van der Waals surface area (Å²) in [5.74, 6) is 0. The number of hydrogen-bond donors (Lipinski definition) is 0. The summed E-state index contributed by atoms with van der Waals surface area (Å²) in [6.45, 7) is 0. The van der Waals surface area contributed by atoms with E-state index in [1.807, 2.05) is 0 Å². The van der Waals surface area contributed by atoms with Gasteiger partial charge in [-0.05, 0) is 35.2 Å². The quantitative estimate of drug-likeness (QED) is 0.370. The number of benzene rings is 3. The van der Waals surface area contributed by atoms with Gasteiger partial charge in [-0.1, -0.05) is 98.9 Å². The van der Waals surface area contributed by atoms with E-state index in [1.54, 1.807) is 0 Å². The molecule has 3 aromatic rings. The number of hydrogen-bond acceptors (Lipinski definition) is 0. The summed E-state index contributed by atoms with van der Waals surface area (Å²) < 4.78 is 0. The molecule has 2 heteroatoms. The fourth-order valence-corrected chi connectivity index (χ4v) is 5.21. The first kappa shape index (κ1) is 18.0. The van der Waals surface area contributed by atoms with E-state index in [0.717, 1.165) is 0 Å². The summed E-state index contributed by atoms with van der Waals surface area (Å²) in [5, 5.41) is 0. The van der Waals surface area contributed by atoms with Crippen LogP contribution in [0.2, 0.25) is 0 Å². The van der Waals surface area contributed by atoms with Crippen LogP contribution in [0, 0.1) is 0 Å². The fourth-order valence-electron chi connectivity index (χ4n) is 2.69. The molecule has 0 atom stereocenters. The Hall–Kier alpha value is -1.39. The van der Waals surface area contributed by atoms with Gasteiger partial charge < -0.3 is 0 Å². The van der Waals surface area contributed by atoms with Crippen LogP contribution in [0.25, 0.3) is 0 Å². The van der Waals surface area contributed by atoms with Crippen molar-refractivity contribution in [3.63, 3.8) is 0 Å². The van der Waals surface area contributed by atoms with Gasteiger partial charge in [0, 0.05) is 17.1 Å². The van der Waals surface area contributed by atoms with Gasteiger partial charge in [0.1, 0.15) is 0 Å². The molecule has 3 aromatic carbocycles. The Labute approximate surface area is 151 Å². The zero-order valence-corrected chi connectivity index (χ0v) is 15.2. The van der Waals surface area contributed by atoms with Crippen LogP contribution >= 0.6 is 7.92 Å². The minimum Gasteiger partial charge on any atom is -0.0932 e. The molecule has 0 aliphatic rings. The van der Waals surface area contributed by atoms with Crippen molar-refractivity contribution in [3.05, 3.63) is 108 Å². The standard InChI is InChI=1S/C21H21P.Mn/c1-4-10-19(11-5-1)16-22(17-20-12-6-2-7-13-20)18-21-14-8-3-9-15-21;/h1-15H,16-18H2;. The molecule has 0 bridgehead atoms. The molecular weight excluding hydrogens is 338 g/mol. The van der Waals surface area contributed by atoms with E-state index in [2.05, 4.69) is 91.0 Å². The van der Waals surface area contributed by atoms with Crippen molar-refractivity contribution in [1.82, 2.24) is 0 Å². The molecule has 0 amide bonds. The van der Waals surface area contributed by atoms with Gasteiger partial charge in [-0.25, -0.2) is 0 Å². The topological polar surface area (TPSA) is 0 Å². The Morgan fingerprint density at radius 3 is 0.957 bits per heavy atom. The average molecular weight is 359 g/mol. The fraction of sp³-hybridized carbons (Fsp3) is 0.143. The molecule has 0 aliphatic carbocycles. The van der Waals surface area contributed by atoms with E-state index in [1.165, 1.54) is 35.2 Å². The van der Waals surface area contributed by atoms with Gasteiger partial charge in [0.05, 0.1) is 0 Å². The smallest absolute Gasteiger partial charge is 0 e. The van der Waals surface area contributed by atoms with Gasteiger partial charge in [-0.15, -0.1) is 0 Å². The zero-order chi connectivity index (χ0) is 15.0. The molecule has 0 heterocycles. The maximum atomic E-state index is 2.26. The zero-order valence-electron chi connectivity index (χ0n) is 13.1. The summed E-state index contributed by atoms with van der Waals surface area (Å²) in [6, 6.07) is 32.7. The third kappa shape index (κ3) is 5.96. The molecule has 1 radical (unpaired) electrons. The van der Waals surface area contributed by atoms with Crippen molar-refractivity contribution in [3.8, 4) is 0 Å². The number of rotatable bonds is 6. The van der Waals surface area contributed by atoms with Crippen molar-refractivity contribution in [2.75, 3.05) is 0 Å². The van der Waals surface area contributed by atoms with Crippen molar-refractivity contribution >= 4 is 7.92 Å². The monoisotopic (exact) mass is 359 g/mol. The largest absolute Gasteiger partial charge is 0.0932 e. The van der Waals surface area contributed by atoms with Gasteiger partial charge in [0.2, 0.25) is 0 Å². The SMILES string of the molecule is [Mn].c1ccc(CP(Cc2ccccc2)Cc2ccccc2)cc1. The van der Waals surface area contributed by atoms with E-state index >= 15 is 0 Å². The summed E-state index contributed by atoms with van der Waals surface area (Å²) in [6.07, 6.45) is 3.58. The third-order valence-corrected chi connectivity index (χ3v) is 6.18. The van der Waals surface area contributed by atoms with Crippen LogP contribution in [0.15, 0.2) is 91.0 Å². The second kappa shape index (κ2) is 9.68. The predicted octanol–water partition coefficient (Wildman–Crippen LogP) is 6.07. The first-order valence-electron chi connectivity index (χ1n) is 7.74. The Balaban J connectivity index is 0.00000192. The summed E-state index contributed by atoms with van der Waals surface area (Å²) in [4.78, 5) is 0. The molecule has 3 rings (SSSR count). The Kier molecular flexibility index (Phi) is 7.56. The first-order chi connectivity index (χ1) is 10.9. The predicted molar refractivity (Wildman–Crippen MR) is 97.4 cm³/mol. The molecule has 0 spiro atoms. The summed E-state index contributed by atoms with van der Waals surface area (Å²) >= 11 is 0. The van der Waals surface area contributed by atoms with Crippen LogP contribution in [-0.2, 0) is 35.6 Å². The minimum absolute atomic E-state index is 0. The molecule has 0 saturated heterocycles. The van der Waals surface area contributed by atoms with Crippen molar-refractivity contribution in [2.24, 2.45) is 0 Å². The summed E-state index contributed by atoms with van der Waals surface area (Å²) in [7, 11) is -0.0895. The van der Waals surface area contributed by atoms with Crippen molar-refractivity contribution in [2.45, 2.75) is 18.5 Å². The third-order valence-electron chi connectivity index (χ3n) is 3.75. The van der Waals surface area contributed by atoms with Crippen LogP contribution in [0.3, 0.4) is 0 Å². The molecular formula is C21H21MnP. The van der Waals surface area contributed by atoms with Gasteiger partial charge >= 0.3 is 0 Å². The van der Waals surface area contributed by atoms with Crippen LogP contribution in [-0.4, -0.2) is 0 Å². The van der Waals surface area contributed by atoms with Gasteiger partial charge in [0.15, 0.2) is 0 Å². The van der Waals surface area contributed by atoms with Gasteiger partial charge in [-0.2, -0.15) is 0 Å². The Morgan fingerprint density at radius 2 is 0.696 bits per heavy atom. The van der Waals surface area contributed by atoms with Gasteiger partial charge in [0.25, 0.3) is 0 Å². The second-order valence-electron chi connectivity index (χ2n) is 5.60.